The van der Waals surface area contributed by atoms with Crippen LogP contribution >= 0.6 is 0 Å². The fraction of sp³-hybridized carbons (Fsp3) is 0. The summed E-state index contributed by atoms with van der Waals surface area (Å²) >= 11 is 0. The third-order valence-corrected chi connectivity index (χ3v) is 8.83. The second-order valence-electron chi connectivity index (χ2n) is 11.6. The summed E-state index contributed by atoms with van der Waals surface area (Å²) in [6, 6.07) is 61.4. The van der Waals surface area contributed by atoms with Gasteiger partial charge in [0, 0.05) is 44.6 Å². The van der Waals surface area contributed by atoms with Gasteiger partial charge in [-0.1, -0.05) is 97.1 Å². The van der Waals surface area contributed by atoms with Gasteiger partial charge in [0.2, 0.25) is 5.89 Å². The zero-order chi connectivity index (χ0) is 31.2. The Labute approximate surface area is 272 Å². The lowest BCUT2D eigenvalue weighted by atomic mass is 10.1. The first-order chi connectivity index (χ1) is 23.3. The Hall–Kier alpha value is -6.39. The molecule has 0 atom stereocenters. The van der Waals surface area contributed by atoms with Gasteiger partial charge in [0.1, 0.15) is 5.52 Å². The zero-order valence-corrected chi connectivity index (χ0v) is 25.5. The Bertz CT molecular complexity index is 2440. The number of benzene rings is 7. The molecule has 2 heterocycles. The molecule has 222 valence electrons. The standard InChI is InChI=1S/C43H29N3O/c1-3-12-30(13-4-1)36-18-11-19-39-42(36)47-43(44-39)31-22-24-33(25-23-31)45(32-14-5-2-6-15-32)34-26-28-35(29-27-34)46-40-20-9-7-16-37(40)38-17-8-10-21-41(38)46/h1-29H. The molecule has 2 aromatic heterocycles. The van der Waals surface area contributed by atoms with Crippen LogP contribution in [0.25, 0.3) is 61.2 Å². The molecule has 0 saturated carbocycles. The fourth-order valence-corrected chi connectivity index (χ4v) is 6.65. The Kier molecular flexibility index (Phi) is 6.43. The third-order valence-electron chi connectivity index (χ3n) is 8.83. The van der Waals surface area contributed by atoms with Crippen molar-refractivity contribution >= 4 is 50.0 Å². The van der Waals surface area contributed by atoms with Gasteiger partial charge in [-0.2, -0.15) is 0 Å². The van der Waals surface area contributed by atoms with E-state index in [1.807, 2.05) is 36.4 Å². The molecular formula is C43H29N3O. The zero-order valence-electron chi connectivity index (χ0n) is 25.5. The molecule has 0 amide bonds. The minimum atomic E-state index is 0.608. The van der Waals surface area contributed by atoms with Crippen molar-refractivity contribution in [2.75, 3.05) is 4.90 Å². The number of oxazole rings is 1. The number of rotatable bonds is 6. The lowest BCUT2D eigenvalue weighted by molar-refractivity contribution is 0.621. The van der Waals surface area contributed by atoms with Gasteiger partial charge in [-0.05, 0) is 84.4 Å². The summed E-state index contributed by atoms with van der Waals surface area (Å²) in [7, 11) is 0. The van der Waals surface area contributed by atoms with Crippen LogP contribution < -0.4 is 4.90 Å². The van der Waals surface area contributed by atoms with Crippen molar-refractivity contribution in [2.24, 2.45) is 0 Å². The molecule has 4 nitrogen and oxygen atoms in total. The van der Waals surface area contributed by atoms with Crippen molar-refractivity contribution in [3.05, 3.63) is 176 Å². The summed E-state index contributed by atoms with van der Waals surface area (Å²) in [5.41, 5.74) is 11.5. The van der Waals surface area contributed by atoms with E-state index in [4.69, 9.17) is 9.40 Å². The van der Waals surface area contributed by atoms with E-state index in [1.165, 1.54) is 21.8 Å². The first-order valence-electron chi connectivity index (χ1n) is 15.8. The van der Waals surface area contributed by atoms with Crippen LogP contribution in [0.1, 0.15) is 0 Å². The molecule has 0 N–H and O–H groups in total. The lowest BCUT2D eigenvalue weighted by Gasteiger charge is -2.26. The Morgan fingerprint density at radius 2 is 1.00 bits per heavy atom. The first-order valence-corrected chi connectivity index (χ1v) is 15.8. The number of para-hydroxylation sites is 4. The average Bonchev–Trinajstić information content (AvgIpc) is 3.73. The molecule has 47 heavy (non-hydrogen) atoms. The second-order valence-corrected chi connectivity index (χ2v) is 11.6. The molecule has 0 saturated heterocycles. The van der Waals surface area contributed by atoms with E-state index < -0.39 is 0 Å². The number of anilines is 3. The molecule has 0 bridgehead atoms. The molecule has 0 spiro atoms. The molecule has 0 radical (unpaired) electrons. The van der Waals surface area contributed by atoms with Crippen molar-refractivity contribution in [1.29, 1.82) is 0 Å². The van der Waals surface area contributed by atoms with E-state index in [1.54, 1.807) is 0 Å². The summed E-state index contributed by atoms with van der Waals surface area (Å²) in [5, 5.41) is 2.52. The summed E-state index contributed by atoms with van der Waals surface area (Å²) in [4.78, 5) is 7.13. The molecule has 4 heteroatoms. The van der Waals surface area contributed by atoms with Gasteiger partial charge < -0.3 is 13.9 Å². The molecule has 0 aliphatic rings. The summed E-state index contributed by atoms with van der Waals surface area (Å²) in [6.45, 7) is 0. The lowest BCUT2D eigenvalue weighted by Crippen LogP contribution is -2.10. The van der Waals surface area contributed by atoms with Crippen LogP contribution in [0.2, 0.25) is 0 Å². The minimum Gasteiger partial charge on any atom is -0.435 e. The van der Waals surface area contributed by atoms with Crippen LogP contribution in [-0.2, 0) is 0 Å². The molecule has 0 fully saturated rings. The van der Waals surface area contributed by atoms with E-state index in [0.717, 1.165) is 50.5 Å². The van der Waals surface area contributed by atoms with Crippen molar-refractivity contribution in [3.8, 4) is 28.3 Å². The largest absolute Gasteiger partial charge is 0.435 e. The van der Waals surface area contributed by atoms with E-state index in [2.05, 4.69) is 149 Å². The maximum atomic E-state index is 6.39. The predicted octanol–water partition coefficient (Wildman–Crippen LogP) is 11.7. The number of hydrogen-bond acceptors (Lipinski definition) is 3. The van der Waals surface area contributed by atoms with Gasteiger partial charge >= 0.3 is 0 Å². The van der Waals surface area contributed by atoms with Crippen molar-refractivity contribution in [3.63, 3.8) is 0 Å². The average molecular weight is 604 g/mol. The number of nitrogens with zero attached hydrogens (tertiary/aromatic N) is 3. The Morgan fingerprint density at radius 1 is 0.447 bits per heavy atom. The summed E-state index contributed by atoms with van der Waals surface area (Å²) in [5.74, 6) is 0.608. The molecule has 9 rings (SSSR count). The summed E-state index contributed by atoms with van der Waals surface area (Å²) in [6.07, 6.45) is 0. The van der Waals surface area contributed by atoms with Gasteiger partial charge in [-0.3, -0.25) is 0 Å². The van der Waals surface area contributed by atoms with Gasteiger partial charge in [0.15, 0.2) is 5.58 Å². The quantitative estimate of drug-likeness (QED) is 0.190. The minimum absolute atomic E-state index is 0.608. The first kappa shape index (κ1) is 27.0. The van der Waals surface area contributed by atoms with Crippen LogP contribution in [0.4, 0.5) is 17.1 Å². The highest BCUT2D eigenvalue weighted by atomic mass is 16.3. The smallest absolute Gasteiger partial charge is 0.227 e. The highest BCUT2D eigenvalue weighted by molar-refractivity contribution is 6.09. The molecule has 0 unspecified atom stereocenters. The molecule has 7 aromatic carbocycles. The van der Waals surface area contributed by atoms with Crippen LogP contribution in [0.5, 0.6) is 0 Å². The maximum absolute atomic E-state index is 6.39. The van der Waals surface area contributed by atoms with E-state index in [-0.39, 0.29) is 0 Å². The van der Waals surface area contributed by atoms with Crippen LogP contribution in [0, 0.1) is 0 Å². The number of aromatic nitrogens is 2. The second kappa shape index (κ2) is 11.2. The third kappa shape index (κ3) is 4.66. The molecular weight excluding hydrogens is 574 g/mol. The molecule has 0 aliphatic heterocycles. The topological polar surface area (TPSA) is 34.2 Å². The Balaban J connectivity index is 1.09. The van der Waals surface area contributed by atoms with E-state index in [9.17, 15) is 0 Å². The van der Waals surface area contributed by atoms with Gasteiger partial charge in [0.05, 0.1) is 11.0 Å². The summed E-state index contributed by atoms with van der Waals surface area (Å²) < 4.78 is 8.74. The SMILES string of the molecule is c1ccc(-c2cccc3nc(-c4ccc(N(c5ccccc5)c5ccc(-n6c7ccccc7c7ccccc76)cc5)cc4)oc23)cc1. The van der Waals surface area contributed by atoms with Gasteiger partial charge in [-0.25, -0.2) is 4.98 Å². The van der Waals surface area contributed by atoms with Gasteiger partial charge in [0.25, 0.3) is 0 Å². The molecule has 9 aromatic rings. The van der Waals surface area contributed by atoms with Crippen LogP contribution in [0.3, 0.4) is 0 Å². The van der Waals surface area contributed by atoms with Crippen LogP contribution in [-0.4, -0.2) is 9.55 Å². The number of fused-ring (bicyclic) bond motifs is 4. The van der Waals surface area contributed by atoms with Crippen molar-refractivity contribution in [1.82, 2.24) is 9.55 Å². The monoisotopic (exact) mass is 603 g/mol. The fourth-order valence-electron chi connectivity index (χ4n) is 6.65. The van der Waals surface area contributed by atoms with Crippen molar-refractivity contribution < 1.29 is 4.42 Å². The van der Waals surface area contributed by atoms with E-state index >= 15 is 0 Å². The Morgan fingerprint density at radius 3 is 1.66 bits per heavy atom. The van der Waals surface area contributed by atoms with Crippen molar-refractivity contribution in [2.45, 2.75) is 0 Å². The normalized spacial score (nSPS) is 11.4. The van der Waals surface area contributed by atoms with E-state index in [0.29, 0.717) is 5.89 Å². The highest BCUT2D eigenvalue weighted by Gasteiger charge is 2.17. The predicted molar refractivity (Wildman–Crippen MR) is 194 cm³/mol. The number of hydrogen-bond donors (Lipinski definition) is 0. The maximum Gasteiger partial charge on any atom is 0.227 e. The molecule has 0 aliphatic carbocycles. The van der Waals surface area contributed by atoms with Gasteiger partial charge in [-0.15, -0.1) is 0 Å². The van der Waals surface area contributed by atoms with Crippen LogP contribution in [0.15, 0.2) is 180 Å². The highest BCUT2D eigenvalue weighted by Crippen LogP contribution is 2.38.